The molecule has 2 N–H and O–H groups in total. The first-order valence-corrected chi connectivity index (χ1v) is 4.18. The van der Waals surface area contributed by atoms with Crippen LogP contribution in [0.25, 0.3) is 0 Å². The maximum atomic E-state index is 12.8. The Morgan fingerprint density at radius 3 is 2.54 bits per heavy atom. The molecular formula is C7H6BrF3N2. The fourth-order valence-corrected chi connectivity index (χ4v) is 1.42. The van der Waals surface area contributed by atoms with Crippen LogP contribution in [0.4, 0.5) is 13.2 Å². The average Bonchev–Trinajstić information content (AvgIpc) is 2.07. The van der Waals surface area contributed by atoms with Crippen molar-refractivity contribution in [2.45, 2.75) is 13.0 Å². The molecule has 0 atom stereocenters. The molecule has 0 aliphatic rings. The van der Waals surface area contributed by atoms with Gasteiger partial charge in [0.05, 0.1) is 11.8 Å². The minimum Gasteiger partial charge on any atom is -0.326 e. The Morgan fingerprint density at radius 2 is 2.15 bits per heavy atom. The minimum atomic E-state index is -2.88. The van der Waals surface area contributed by atoms with Crippen molar-refractivity contribution in [2.75, 3.05) is 0 Å². The Morgan fingerprint density at radius 1 is 1.54 bits per heavy atom. The van der Waals surface area contributed by atoms with Crippen LogP contribution in [0.2, 0.25) is 0 Å². The summed E-state index contributed by atoms with van der Waals surface area (Å²) in [6.45, 7) is -0.176. The summed E-state index contributed by atoms with van der Waals surface area (Å²) in [5.74, 6) is -1.03. The number of nitrogens with two attached hydrogens (primary N) is 1. The zero-order valence-electron chi connectivity index (χ0n) is 6.40. The van der Waals surface area contributed by atoms with E-state index in [1.54, 1.807) is 0 Å². The molecule has 0 amide bonds. The third kappa shape index (κ3) is 2.00. The van der Waals surface area contributed by atoms with E-state index >= 15 is 0 Å². The highest BCUT2D eigenvalue weighted by molar-refractivity contribution is 9.10. The fraction of sp³-hybridized carbons (Fsp3) is 0.286. The zero-order chi connectivity index (χ0) is 10.0. The van der Waals surface area contributed by atoms with Crippen molar-refractivity contribution in [1.29, 1.82) is 0 Å². The van der Waals surface area contributed by atoms with Crippen LogP contribution < -0.4 is 5.73 Å². The molecule has 0 aromatic carbocycles. The first-order valence-electron chi connectivity index (χ1n) is 3.39. The Balaban J connectivity index is 3.35. The number of hydrogen-bond donors (Lipinski definition) is 1. The molecule has 0 fully saturated rings. The SMILES string of the molecule is NCc1c(Br)ncc(F)c1C(F)F. The number of rotatable bonds is 2. The summed E-state index contributed by atoms with van der Waals surface area (Å²) in [6.07, 6.45) is -2.14. The standard InChI is InChI=1S/C7H6BrF3N2/c8-6-3(1-12)5(7(10)11)4(9)2-13-6/h2,7H,1,12H2. The van der Waals surface area contributed by atoms with Gasteiger partial charge in [0.25, 0.3) is 6.43 Å². The van der Waals surface area contributed by atoms with E-state index in [0.29, 0.717) is 0 Å². The monoisotopic (exact) mass is 254 g/mol. The van der Waals surface area contributed by atoms with Gasteiger partial charge in [0.15, 0.2) is 5.82 Å². The molecule has 6 heteroatoms. The molecule has 72 valence electrons. The second-order valence-electron chi connectivity index (χ2n) is 2.29. The average molecular weight is 255 g/mol. The molecule has 0 bridgehead atoms. The number of hydrogen-bond acceptors (Lipinski definition) is 2. The molecule has 0 spiro atoms. The maximum absolute atomic E-state index is 12.8. The number of pyridine rings is 1. The van der Waals surface area contributed by atoms with E-state index in [9.17, 15) is 13.2 Å². The summed E-state index contributed by atoms with van der Waals surface area (Å²) >= 11 is 2.92. The van der Waals surface area contributed by atoms with Crippen LogP contribution in [0.15, 0.2) is 10.8 Å². The lowest BCUT2D eigenvalue weighted by Crippen LogP contribution is -2.07. The lowest BCUT2D eigenvalue weighted by Gasteiger charge is -2.08. The quantitative estimate of drug-likeness (QED) is 0.824. The molecule has 0 saturated carbocycles. The maximum Gasteiger partial charge on any atom is 0.267 e. The third-order valence-corrected chi connectivity index (χ3v) is 2.23. The highest BCUT2D eigenvalue weighted by Crippen LogP contribution is 2.28. The Kier molecular flexibility index (Phi) is 3.27. The first kappa shape index (κ1) is 10.5. The van der Waals surface area contributed by atoms with Crippen LogP contribution in [0.5, 0.6) is 0 Å². The number of nitrogens with zero attached hydrogens (tertiary/aromatic N) is 1. The van der Waals surface area contributed by atoms with Gasteiger partial charge in [0.2, 0.25) is 0 Å². The van der Waals surface area contributed by atoms with Crippen LogP contribution in [0.1, 0.15) is 17.6 Å². The molecule has 0 radical (unpaired) electrons. The number of halogens is 4. The van der Waals surface area contributed by atoms with Gasteiger partial charge in [-0.2, -0.15) is 0 Å². The topological polar surface area (TPSA) is 38.9 Å². The van der Waals surface area contributed by atoms with Crippen molar-refractivity contribution in [3.8, 4) is 0 Å². The summed E-state index contributed by atoms with van der Waals surface area (Å²) in [4.78, 5) is 3.52. The largest absolute Gasteiger partial charge is 0.326 e. The van der Waals surface area contributed by atoms with Crippen molar-refractivity contribution in [2.24, 2.45) is 5.73 Å². The number of aromatic nitrogens is 1. The van der Waals surface area contributed by atoms with E-state index in [2.05, 4.69) is 20.9 Å². The molecular weight excluding hydrogens is 249 g/mol. The summed E-state index contributed by atoms with van der Waals surface area (Å²) in [5.41, 5.74) is 4.52. The van der Waals surface area contributed by atoms with Gasteiger partial charge < -0.3 is 5.73 Å². The van der Waals surface area contributed by atoms with E-state index in [4.69, 9.17) is 5.73 Å². The minimum absolute atomic E-state index is 0.00926. The smallest absolute Gasteiger partial charge is 0.267 e. The van der Waals surface area contributed by atoms with Crippen molar-refractivity contribution in [3.05, 3.63) is 27.7 Å². The van der Waals surface area contributed by atoms with Crippen molar-refractivity contribution in [1.82, 2.24) is 4.98 Å². The van der Waals surface area contributed by atoms with E-state index in [1.807, 2.05) is 0 Å². The lowest BCUT2D eigenvalue weighted by molar-refractivity contribution is 0.144. The van der Waals surface area contributed by atoms with E-state index < -0.39 is 17.8 Å². The zero-order valence-corrected chi connectivity index (χ0v) is 7.98. The van der Waals surface area contributed by atoms with Gasteiger partial charge >= 0.3 is 0 Å². The lowest BCUT2D eigenvalue weighted by atomic mass is 10.1. The van der Waals surface area contributed by atoms with Gasteiger partial charge in [0.1, 0.15) is 4.60 Å². The Bertz CT molecular complexity index is 317. The van der Waals surface area contributed by atoms with Gasteiger partial charge in [-0.05, 0) is 15.9 Å². The van der Waals surface area contributed by atoms with Gasteiger partial charge in [-0.1, -0.05) is 0 Å². The highest BCUT2D eigenvalue weighted by atomic mass is 79.9. The van der Waals surface area contributed by atoms with Gasteiger partial charge in [-0.25, -0.2) is 18.2 Å². The van der Waals surface area contributed by atoms with E-state index in [0.717, 1.165) is 6.20 Å². The summed E-state index contributed by atoms with van der Waals surface area (Å²) in [7, 11) is 0. The fourth-order valence-electron chi connectivity index (χ4n) is 0.946. The molecule has 1 rings (SSSR count). The summed E-state index contributed by atoms with van der Waals surface area (Å²) < 4.78 is 37.6. The second kappa shape index (κ2) is 4.06. The normalized spacial score (nSPS) is 10.9. The molecule has 0 saturated heterocycles. The molecule has 1 heterocycles. The molecule has 0 aliphatic heterocycles. The van der Waals surface area contributed by atoms with Crippen LogP contribution in [0.3, 0.4) is 0 Å². The van der Waals surface area contributed by atoms with Crippen LogP contribution in [0, 0.1) is 5.82 Å². The third-order valence-electron chi connectivity index (χ3n) is 1.55. The van der Waals surface area contributed by atoms with Crippen molar-refractivity contribution >= 4 is 15.9 Å². The van der Waals surface area contributed by atoms with E-state index in [-0.39, 0.29) is 16.7 Å². The molecule has 13 heavy (non-hydrogen) atoms. The molecule has 2 nitrogen and oxygen atoms in total. The van der Waals surface area contributed by atoms with Gasteiger partial charge in [0, 0.05) is 12.1 Å². The predicted molar refractivity (Wildman–Crippen MR) is 44.7 cm³/mol. The second-order valence-corrected chi connectivity index (χ2v) is 3.05. The molecule has 1 aromatic heterocycles. The van der Waals surface area contributed by atoms with Gasteiger partial charge in [-0.15, -0.1) is 0 Å². The number of alkyl halides is 2. The van der Waals surface area contributed by atoms with Crippen molar-refractivity contribution in [3.63, 3.8) is 0 Å². The van der Waals surface area contributed by atoms with Crippen molar-refractivity contribution < 1.29 is 13.2 Å². The molecule has 0 aliphatic carbocycles. The Labute approximate surface area is 81.1 Å². The van der Waals surface area contributed by atoms with E-state index in [1.165, 1.54) is 0 Å². The van der Waals surface area contributed by atoms with Crippen LogP contribution >= 0.6 is 15.9 Å². The van der Waals surface area contributed by atoms with Crippen LogP contribution in [-0.2, 0) is 6.54 Å². The predicted octanol–water partition coefficient (Wildman–Crippen LogP) is 2.38. The summed E-state index contributed by atoms with van der Waals surface area (Å²) in [5, 5.41) is 0. The molecule has 1 aromatic rings. The van der Waals surface area contributed by atoms with Gasteiger partial charge in [-0.3, -0.25) is 0 Å². The summed E-state index contributed by atoms with van der Waals surface area (Å²) in [6, 6.07) is 0. The van der Waals surface area contributed by atoms with Crippen LogP contribution in [-0.4, -0.2) is 4.98 Å². The Hall–Kier alpha value is -0.620. The highest BCUT2D eigenvalue weighted by Gasteiger charge is 2.20. The molecule has 0 unspecified atom stereocenters. The first-order chi connectivity index (χ1) is 6.07.